The number of ether oxygens (including phenoxy) is 2. The molecule has 2 saturated carbocycles. The Morgan fingerprint density at radius 1 is 0.972 bits per heavy atom. The van der Waals surface area contributed by atoms with E-state index in [1.54, 1.807) is 6.92 Å². The maximum absolute atomic E-state index is 12.8. The summed E-state index contributed by atoms with van der Waals surface area (Å²) in [5.74, 6) is -2.47. The van der Waals surface area contributed by atoms with Crippen molar-refractivity contribution in [3.8, 4) is 0 Å². The van der Waals surface area contributed by atoms with E-state index in [0.717, 1.165) is 6.42 Å². The average molecular weight is 537 g/mol. The van der Waals surface area contributed by atoms with E-state index < -0.39 is 53.7 Å². The Balaban J connectivity index is 0.000000497. The molecule has 0 aromatic rings. The lowest BCUT2D eigenvalue weighted by molar-refractivity contribution is -0.373. The van der Waals surface area contributed by atoms with E-state index in [2.05, 4.69) is 0 Å². The van der Waals surface area contributed by atoms with E-state index in [-0.39, 0.29) is 43.9 Å². The predicted octanol–water partition coefficient (Wildman–Crippen LogP) is 5.19. The number of halogens is 6. The van der Waals surface area contributed by atoms with Gasteiger partial charge in [0, 0.05) is 0 Å². The Morgan fingerprint density at radius 3 is 1.92 bits per heavy atom. The third-order valence-corrected chi connectivity index (χ3v) is 7.48. The van der Waals surface area contributed by atoms with Crippen LogP contribution in [0.1, 0.15) is 73.1 Å². The molecule has 0 aromatic carbocycles. The third-order valence-electron chi connectivity index (χ3n) is 7.48. The van der Waals surface area contributed by atoms with Gasteiger partial charge in [-0.3, -0.25) is 9.59 Å². The lowest BCUT2D eigenvalue weighted by Crippen LogP contribution is -2.58. The zero-order valence-corrected chi connectivity index (χ0v) is 21.3. The van der Waals surface area contributed by atoms with Crippen molar-refractivity contribution in [3.63, 3.8) is 0 Å². The minimum absolute atomic E-state index is 0.0948. The second-order valence-electron chi connectivity index (χ2n) is 10.4. The first-order valence-corrected chi connectivity index (χ1v) is 12.2. The summed E-state index contributed by atoms with van der Waals surface area (Å²) in [6, 6.07) is 0. The van der Waals surface area contributed by atoms with Gasteiger partial charge in [0.2, 0.25) is 0 Å². The summed E-state index contributed by atoms with van der Waals surface area (Å²) in [6.45, 7) is 9.09. The van der Waals surface area contributed by atoms with Gasteiger partial charge in [0.15, 0.2) is 0 Å². The topological polar surface area (TPSA) is 93.1 Å². The molecule has 5 unspecified atom stereocenters. The largest absolute Gasteiger partial charge is 0.463 e. The molecule has 6 nitrogen and oxygen atoms in total. The Hall–Kier alpha value is -1.56. The molecule has 0 amide bonds. The molecule has 2 fully saturated rings. The van der Waals surface area contributed by atoms with Crippen molar-refractivity contribution in [3.05, 3.63) is 0 Å². The first-order valence-electron chi connectivity index (χ1n) is 12.2. The highest BCUT2D eigenvalue weighted by Gasteiger charge is 2.71. The van der Waals surface area contributed by atoms with Crippen LogP contribution in [0.25, 0.3) is 0 Å². The van der Waals surface area contributed by atoms with Gasteiger partial charge in [-0.05, 0) is 70.1 Å². The fourth-order valence-corrected chi connectivity index (χ4v) is 4.42. The van der Waals surface area contributed by atoms with Gasteiger partial charge in [0.25, 0.3) is 5.60 Å². The fraction of sp³-hybridized carbons (Fsp3) is 0.917. The minimum atomic E-state index is -5.78. The SMILES string of the molecule is CCC(C)(C)C(=O)OCCO.CCC(C)C(=O)OC1CC2CC1CC2CC(O)(C(F)(F)F)C(F)(F)F. The third kappa shape index (κ3) is 7.72. The summed E-state index contributed by atoms with van der Waals surface area (Å²) in [7, 11) is 0. The lowest BCUT2D eigenvalue weighted by atomic mass is 9.79. The van der Waals surface area contributed by atoms with Crippen molar-refractivity contribution in [2.75, 3.05) is 13.2 Å². The Kier molecular flexibility index (Phi) is 11.1. The van der Waals surface area contributed by atoms with Crippen LogP contribution >= 0.6 is 0 Å². The molecule has 0 saturated heterocycles. The molecule has 0 heterocycles. The molecular weight excluding hydrogens is 498 g/mol. The molecule has 2 aliphatic carbocycles. The number of esters is 2. The summed E-state index contributed by atoms with van der Waals surface area (Å²) in [4.78, 5) is 22.9. The first-order chi connectivity index (χ1) is 16.3. The van der Waals surface area contributed by atoms with Gasteiger partial charge in [-0.25, -0.2) is 0 Å². The predicted molar refractivity (Wildman–Crippen MR) is 117 cm³/mol. The molecule has 2 rings (SSSR count). The number of fused-ring (bicyclic) bond motifs is 2. The van der Waals surface area contributed by atoms with E-state index >= 15 is 0 Å². The summed E-state index contributed by atoms with van der Waals surface area (Å²) in [5.41, 5.74) is -5.12. The van der Waals surface area contributed by atoms with Gasteiger partial charge in [-0.2, -0.15) is 26.3 Å². The van der Waals surface area contributed by atoms with Gasteiger partial charge in [-0.15, -0.1) is 0 Å². The average Bonchev–Trinajstić information content (AvgIpc) is 3.35. The number of carbonyl (C=O) groups is 2. The second-order valence-corrected chi connectivity index (χ2v) is 10.4. The molecule has 12 heteroatoms. The molecule has 2 bridgehead atoms. The van der Waals surface area contributed by atoms with Gasteiger partial charge >= 0.3 is 24.3 Å². The van der Waals surface area contributed by atoms with E-state index in [4.69, 9.17) is 14.6 Å². The lowest BCUT2D eigenvalue weighted by Gasteiger charge is -2.37. The van der Waals surface area contributed by atoms with E-state index in [1.807, 2.05) is 27.7 Å². The number of carbonyl (C=O) groups excluding carboxylic acids is 2. The van der Waals surface area contributed by atoms with Crippen LogP contribution in [0.15, 0.2) is 0 Å². The van der Waals surface area contributed by atoms with Crippen molar-refractivity contribution in [1.82, 2.24) is 0 Å². The maximum atomic E-state index is 12.8. The van der Waals surface area contributed by atoms with Crippen LogP contribution in [0.4, 0.5) is 26.3 Å². The van der Waals surface area contributed by atoms with Crippen LogP contribution in [-0.4, -0.2) is 59.4 Å². The molecule has 5 atom stereocenters. The van der Waals surface area contributed by atoms with Crippen molar-refractivity contribution >= 4 is 11.9 Å². The number of hydrogen-bond acceptors (Lipinski definition) is 6. The van der Waals surface area contributed by atoms with Gasteiger partial charge in [0.1, 0.15) is 12.7 Å². The van der Waals surface area contributed by atoms with E-state index in [9.17, 15) is 41.0 Å². The highest BCUT2D eigenvalue weighted by atomic mass is 19.4. The molecule has 36 heavy (non-hydrogen) atoms. The van der Waals surface area contributed by atoms with Crippen molar-refractivity contribution in [2.45, 2.75) is 97.2 Å². The monoisotopic (exact) mass is 536 g/mol. The quantitative estimate of drug-likeness (QED) is 0.311. The number of hydrogen-bond donors (Lipinski definition) is 2. The van der Waals surface area contributed by atoms with E-state index in [0.29, 0.717) is 12.8 Å². The second kappa shape index (κ2) is 12.3. The van der Waals surface area contributed by atoms with Crippen LogP contribution in [0.2, 0.25) is 0 Å². The minimum Gasteiger partial charge on any atom is -0.463 e. The Labute approximate surface area is 207 Å². The normalized spacial score (nSPS) is 25.1. The summed E-state index contributed by atoms with van der Waals surface area (Å²) in [5, 5.41) is 17.7. The summed E-state index contributed by atoms with van der Waals surface area (Å²) >= 11 is 0. The summed E-state index contributed by atoms with van der Waals surface area (Å²) in [6.07, 6.45) is -11.3. The number of alkyl halides is 6. The first kappa shape index (κ1) is 32.5. The van der Waals surface area contributed by atoms with Gasteiger partial charge in [-0.1, -0.05) is 20.8 Å². The highest BCUT2D eigenvalue weighted by Crippen LogP contribution is 2.56. The molecule has 0 radical (unpaired) electrons. The van der Waals surface area contributed by atoms with Crippen LogP contribution in [0.5, 0.6) is 0 Å². The fourth-order valence-electron chi connectivity index (χ4n) is 4.42. The van der Waals surface area contributed by atoms with Crippen molar-refractivity contribution in [2.24, 2.45) is 29.1 Å². The number of aliphatic hydroxyl groups is 2. The zero-order valence-electron chi connectivity index (χ0n) is 21.3. The smallest absolute Gasteiger partial charge is 0.426 e. The molecule has 0 spiro atoms. The molecular formula is C24H38F6O6. The summed E-state index contributed by atoms with van der Waals surface area (Å²) < 4.78 is 87.1. The molecule has 2 N–H and O–H groups in total. The van der Waals surface area contributed by atoms with Crippen LogP contribution < -0.4 is 0 Å². The van der Waals surface area contributed by atoms with Crippen LogP contribution in [0, 0.1) is 29.1 Å². The number of rotatable bonds is 9. The molecule has 212 valence electrons. The molecule has 0 aliphatic heterocycles. The van der Waals surface area contributed by atoms with Crippen molar-refractivity contribution < 1.29 is 55.6 Å². The Bertz CT molecular complexity index is 722. The number of aliphatic hydroxyl groups excluding tert-OH is 1. The van der Waals surface area contributed by atoms with Crippen LogP contribution in [-0.2, 0) is 19.1 Å². The van der Waals surface area contributed by atoms with E-state index in [1.165, 1.54) is 0 Å². The molecule has 2 aliphatic rings. The van der Waals surface area contributed by atoms with Crippen molar-refractivity contribution in [1.29, 1.82) is 0 Å². The zero-order chi connectivity index (χ0) is 28.1. The maximum Gasteiger partial charge on any atom is 0.426 e. The van der Waals surface area contributed by atoms with Gasteiger partial charge in [0.05, 0.1) is 17.9 Å². The highest BCUT2D eigenvalue weighted by molar-refractivity contribution is 5.75. The Morgan fingerprint density at radius 2 is 1.53 bits per heavy atom. The van der Waals surface area contributed by atoms with Crippen LogP contribution in [0.3, 0.4) is 0 Å². The standard InChI is InChI=1S/C16H22F6O3.C8H16O3/c1-3-8(2)13(23)25-12-6-9-4-10(12)5-11(9)7-14(24,15(17,18)19)16(20,21)22;1-4-8(2,3)7(10)11-6-5-9/h8-12,24H,3-7H2,1-2H3;9H,4-6H2,1-3H3. The van der Waals surface area contributed by atoms with Gasteiger partial charge < -0.3 is 19.7 Å². The molecule has 0 aromatic heterocycles.